The van der Waals surface area contributed by atoms with Crippen LogP contribution < -0.4 is 10.6 Å². The van der Waals surface area contributed by atoms with Crippen molar-refractivity contribution >= 4 is 11.8 Å². The highest BCUT2D eigenvalue weighted by Gasteiger charge is 2.17. The molecule has 0 saturated heterocycles. The second kappa shape index (κ2) is 7.42. The number of hydrogen-bond donors (Lipinski definition) is 3. The van der Waals surface area contributed by atoms with Crippen LogP contribution in [0.2, 0.25) is 0 Å². The first-order valence-electron chi connectivity index (χ1n) is 6.91. The van der Waals surface area contributed by atoms with Crippen LogP contribution in [0.4, 0.5) is 0 Å². The second-order valence-electron chi connectivity index (χ2n) is 4.82. The quantitative estimate of drug-likeness (QED) is 0.748. The molecule has 116 valence electrons. The van der Waals surface area contributed by atoms with Crippen molar-refractivity contribution in [3.8, 4) is 0 Å². The maximum Gasteiger partial charge on any atom is 0.287 e. The van der Waals surface area contributed by atoms with Crippen molar-refractivity contribution in [2.45, 2.75) is 26.1 Å². The fourth-order valence-electron chi connectivity index (χ4n) is 1.96. The molecule has 0 aliphatic heterocycles. The van der Waals surface area contributed by atoms with Gasteiger partial charge in [0, 0.05) is 6.54 Å². The molecular formula is C16H18N2O4. The van der Waals surface area contributed by atoms with Crippen molar-refractivity contribution in [2.75, 3.05) is 0 Å². The van der Waals surface area contributed by atoms with Gasteiger partial charge < -0.3 is 20.2 Å². The van der Waals surface area contributed by atoms with Crippen LogP contribution in [-0.4, -0.2) is 23.0 Å². The molecule has 1 aromatic carbocycles. The summed E-state index contributed by atoms with van der Waals surface area (Å²) in [5.41, 5.74) is 1.60. The van der Waals surface area contributed by atoms with Crippen LogP contribution in [0.3, 0.4) is 0 Å². The molecule has 0 aliphatic carbocycles. The molecule has 6 heteroatoms. The molecule has 1 heterocycles. The van der Waals surface area contributed by atoms with E-state index < -0.39 is 11.9 Å². The van der Waals surface area contributed by atoms with Crippen molar-refractivity contribution in [3.05, 3.63) is 59.5 Å². The van der Waals surface area contributed by atoms with E-state index in [1.807, 2.05) is 18.2 Å². The molecule has 1 aromatic heterocycles. The van der Waals surface area contributed by atoms with Gasteiger partial charge in [0.25, 0.3) is 5.91 Å². The summed E-state index contributed by atoms with van der Waals surface area (Å²) in [4.78, 5) is 23.8. The summed E-state index contributed by atoms with van der Waals surface area (Å²) in [6.45, 7) is 1.79. The Kier molecular flexibility index (Phi) is 5.32. The zero-order valence-corrected chi connectivity index (χ0v) is 12.2. The van der Waals surface area contributed by atoms with Gasteiger partial charge in [-0.05, 0) is 30.2 Å². The van der Waals surface area contributed by atoms with Crippen molar-refractivity contribution < 1.29 is 19.1 Å². The molecule has 0 aliphatic rings. The minimum atomic E-state index is -0.695. The van der Waals surface area contributed by atoms with E-state index in [0.717, 1.165) is 11.1 Å². The number of furan rings is 1. The fourth-order valence-corrected chi connectivity index (χ4v) is 1.96. The summed E-state index contributed by atoms with van der Waals surface area (Å²) < 4.78 is 4.96. The minimum absolute atomic E-state index is 0.0865. The third kappa shape index (κ3) is 3.95. The topological polar surface area (TPSA) is 91.6 Å². The maximum absolute atomic E-state index is 12.0. The maximum atomic E-state index is 12.0. The van der Waals surface area contributed by atoms with E-state index in [1.54, 1.807) is 19.1 Å². The third-order valence-electron chi connectivity index (χ3n) is 3.23. The van der Waals surface area contributed by atoms with E-state index >= 15 is 0 Å². The molecule has 3 N–H and O–H groups in total. The number of aliphatic hydroxyl groups excluding tert-OH is 1. The Morgan fingerprint density at radius 1 is 1.18 bits per heavy atom. The molecule has 2 aromatic rings. The first-order valence-corrected chi connectivity index (χ1v) is 6.91. The van der Waals surface area contributed by atoms with Gasteiger partial charge in [-0.2, -0.15) is 0 Å². The van der Waals surface area contributed by atoms with E-state index in [1.165, 1.54) is 12.3 Å². The average molecular weight is 302 g/mol. The first-order chi connectivity index (χ1) is 10.6. The number of rotatable bonds is 6. The number of amides is 2. The molecule has 2 rings (SSSR count). The predicted octanol–water partition coefficient (Wildman–Crippen LogP) is 1.21. The van der Waals surface area contributed by atoms with Crippen LogP contribution >= 0.6 is 0 Å². The second-order valence-corrected chi connectivity index (χ2v) is 4.82. The lowest BCUT2D eigenvalue weighted by molar-refractivity contribution is -0.122. The Bertz CT molecular complexity index is 637. The Balaban J connectivity index is 1.87. The van der Waals surface area contributed by atoms with Crippen LogP contribution in [0.25, 0.3) is 0 Å². The molecule has 0 fully saturated rings. The van der Waals surface area contributed by atoms with Gasteiger partial charge in [0.15, 0.2) is 5.76 Å². The summed E-state index contributed by atoms with van der Waals surface area (Å²) in [6.07, 6.45) is 1.39. The van der Waals surface area contributed by atoms with Crippen molar-refractivity contribution in [1.82, 2.24) is 10.6 Å². The molecule has 1 unspecified atom stereocenters. The number of nitrogens with one attached hydrogen (secondary N) is 2. The standard InChI is InChI=1S/C16H18N2O4/c1-11(18-16(21)14-7-4-8-22-14)15(20)17-9-12-5-2-3-6-13(12)10-19/h2-8,11,19H,9-10H2,1H3,(H,17,20)(H,18,21). The Morgan fingerprint density at radius 2 is 1.91 bits per heavy atom. The molecule has 0 spiro atoms. The highest BCUT2D eigenvalue weighted by atomic mass is 16.3. The lowest BCUT2D eigenvalue weighted by Gasteiger charge is -2.14. The van der Waals surface area contributed by atoms with Gasteiger partial charge in [-0.25, -0.2) is 0 Å². The molecule has 0 saturated carbocycles. The molecule has 0 bridgehead atoms. The average Bonchev–Trinajstić information content (AvgIpc) is 3.07. The van der Waals surface area contributed by atoms with Gasteiger partial charge in [0.1, 0.15) is 6.04 Å². The van der Waals surface area contributed by atoms with Gasteiger partial charge in [0.2, 0.25) is 5.91 Å². The molecule has 6 nitrogen and oxygen atoms in total. The zero-order valence-electron chi connectivity index (χ0n) is 12.2. The number of aliphatic hydroxyl groups is 1. The van der Waals surface area contributed by atoms with E-state index in [9.17, 15) is 14.7 Å². The van der Waals surface area contributed by atoms with Crippen molar-refractivity contribution in [1.29, 1.82) is 0 Å². The Morgan fingerprint density at radius 3 is 2.55 bits per heavy atom. The van der Waals surface area contributed by atoms with Crippen LogP contribution in [0.1, 0.15) is 28.6 Å². The van der Waals surface area contributed by atoms with E-state index in [4.69, 9.17) is 4.42 Å². The Hall–Kier alpha value is -2.60. The van der Waals surface area contributed by atoms with E-state index in [-0.39, 0.29) is 24.8 Å². The molecular weight excluding hydrogens is 284 g/mol. The predicted molar refractivity (Wildman–Crippen MR) is 79.8 cm³/mol. The number of carbonyl (C=O) groups excluding carboxylic acids is 2. The van der Waals surface area contributed by atoms with E-state index in [2.05, 4.69) is 10.6 Å². The molecule has 22 heavy (non-hydrogen) atoms. The summed E-state index contributed by atoms with van der Waals surface area (Å²) in [7, 11) is 0. The van der Waals surface area contributed by atoms with Gasteiger partial charge in [-0.1, -0.05) is 24.3 Å². The van der Waals surface area contributed by atoms with Crippen LogP contribution in [-0.2, 0) is 17.9 Å². The highest BCUT2D eigenvalue weighted by molar-refractivity contribution is 5.95. The van der Waals surface area contributed by atoms with Crippen LogP contribution in [0.15, 0.2) is 47.1 Å². The molecule has 1 atom stereocenters. The Labute approximate surface area is 128 Å². The lowest BCUT2D eigenvalue weighted by atomic mass is 10.1. The van der Waals surface area contributed by atoms with Gasteiger partial charge in [-0.15, -0.1) is 0 Å². The molecule has 2 amide bonds. The minimum Gasteiger partial charge on any atom is -0.459 e. The van der Waals surface area contributed by atoms with E-state index in [0.29, 0.717) is 0 Å². The SMILES string of the molecule is CC(NC(=O)c1ccco1)C(=O)NCc1ccccc1CO. The third-order valence-corrected chi connectivity index (χ3v) is 3.23. The van der Waals surface area contributed by atoms with Gasteiger partial charge in [-0.3, -0.25) is 9.59 Å². The summed E-state index contributed by atoms with van der Waals surface area (Å²) in [5, 5.41) is 14.5. The highest BCUT2D eigenvalue weighted by Crippen LogP contribution is 2.08. The summed E-state index contributed by atoms with van der Waals surface area (Å²) in [6, 6.07) is 9.72. The first kappa shape index (κ1) is 15.8. The monoisotopic (exact) mass is 302 g/mol. The van der Waals surface area contributed by atoms with Crippen LogP contribution in [0.5, 0.6) is 0 Å². The zero-order chi connectivity index (χ0) is 15.9. The summed E-state index contributed by atoms with van der Waals surface area (Å²) in [5.74, 6) is -0.596. The van der Waals surface area contributed by atoms with Gasteiger partial charge in [0.05, 0.1) is 12.9 Å². The molecule has 0 radical (unpaired) electrons. The number of carbonyl (C=O) groups is 2. The lowest BCUT2D eigenvalue weighted by Crippen LogP contribution is -2.44. The van der Waals surface area contributed by atoms with Crippen LogP contribution in [0, 0.1) is 0 Å². The number of benzene rings is 1. The summed E-state index contributed by atoms with van der Waals surface area (Å²) >= 11 is 0. The smallest absolute Gasteiger partial charge is 0.287 e. The van der Waals surface area contributed by atoms with Crippen molar-refractivity contribution in [3.63, 3.8) is 0 Å². The largest absolute Gasteiger partial charge is 0.459 e. The number of hydrogen-bond acceptors (Lipinski definition) is 4. The van der Waals surface area contributed by atoms with Crippen molar-refractivity contribution in [2.24, 2.45) is 0 Å². The normalized spacial score (nSPS) is 11.7. The van der Waals surface area contributed by atoms with Gasteiger partial charge >= 0.3 is 0 Å². The fraction of sp³-hybridized carbons (Fsp3) is 0.250.